The van der Waals surface area contributed by atoms with Gasteiger partial charge in [-0.2, -0.15) is 5.10 Å². The molecule has 0 fully saturated rings. The van der Waals surface area contributed by atoms with Gasteiger partial charge >= 0.3 is 0 Å². The summed E-state index contributed by atoms with van der Waals surface area (Å²) in [6.45, 7) is 1.87. The van der Waals surface area contributed by atoms with E-state index in [1.165, 1.54) is 5.56 Å². The van der Waals surface area contributed by atoms with Crippen molar-refractivity contribution >= 4 is 5.69 Å². The molecule has 0 radical (unpaired) electrons. The highest BCUT2D eigenvalue weighted by Crippen LogP contribution is 2.05. The SMILES string of the molecule is CN(CCc1ccc(N)cn1)Cc1cnn(C)c1. The van der Waals surface area contributed by atoms with Gasteiger partial charge in [0, 0.05) is 44.0 Å². The van der Waals surface area contributed by atoms with Crippen molar-refractivity contribution in [2.24, 2.45) is 7.05 Å². The van der Waals surface area contributed by atoms with Gasteiger partial charge in [-0.05, 0) is 19.2 Å². The smallest absolute Gasteiger partial charge is 0.0534 e. The number of likely N-dealkylation sites (N-methyl/N-ethyl adjacent to an activating group) is 1. The number of nitrogen functional groups attached to an aromatic ring is 1. The average molecular weight is 245 g/mol. The lowest BCUT2D eigenvalue weighted by Gasteiger charge is -2.15. The Morgan fingerprint density at radius 2 is 2.17 bits per heavy atom. The van der Waals surface area contributed by atoms with Gasteiger partial charge in [0.2, 0.25) is 0 Å². The van der Waals surface area contributed by atoms with E-state index in [-0.39, 0.29) is 0 Å². The first-order chi connectivity index (χ1) is 8.63. The number of hydrogen-bond acceptors (Lipinski definition) is 4. The fourth-order valence-electron chi connectivity index (χ4n) is 1.83. The van der Waals surface area contributed by atoms with Crippen LogP contribution in [0, 0.1) is 0 Å². The number of pyridine rings is 1. The molecule has 0 aliphatic heterocycles. The van der Waals surface area contributed by atoms with Crippen LogP contribution in [0.2, 0.25) is 0 Å². The quantitative estimate of drug-likeness (QED) is 0.856. The molecule has 96 valence electrons. The molecular weight excluding hydrogens is 226 g/mol. The second-order valence-electron chi connectivity index (χ2n) is 4.59. The molecule has 0 atom stereocenters. The second-order valence-corrected chi connectivity index (χ2v) is 4.59. The monoisotopic (exact) mass is 245 g/mol. The lowest BCUT2D eigenvalue weighted by Crippen LogP contribution is -2.20. The van der Waals surface area contributed by atoms with Crippen molar-refractivity contribution in [2.45, 2.75) is 13.0 Å². The first-order valence-corrected chi connectivity index (χ1v) is 6.00. The topological polar surface area (TPSA) is 60.0 Å². The van der Waals surface area contributed by atoms with Crippen molar-refractivity contribution in [1.29, 1.82) is 0 Å². The zero-order valence-corrected chi connectivity index (χ0v) is 10.9. The Morgan fingerprint density at radius 3 is 2.78 bits per heavy atom. The second kappa shape index (κ2) is 5.64. The Bertz CT molecular complexity index is 488. The third kappa shape index (κ3) is 3.56. The minimum Gasteiger partial charge on any atom is -0.397 e. The molecule has 18 heavy (non-hydrogen) atoms. The van der Waals surface area contributed by atoms with E-state index in [0.29, 0.717) is 5.69 Å². The molecule has 0 aliphatic carbocycles. The summed E-state index contributed by atoms with van der Waals surface area (Å²) >= 11 is 0. The van der Waals surface area contributed by atoms with E-state index in [0.717, 1.165) is 25.2 Å². The predicted octanol–water partition coefficient (Wildman–Crippen LogP) is 1.07. The number of anilines is 1. The van der Waals surface area contributed by atoms with Crippen molar-refractivity contribution < 1.29 is 0 Å². The van der Waals surface area contributed by atoms with Crippen LogP contribution in [0.3, 0.4) is 0 Å². The van der Waals surface area contributed by atoms with Crippen molar-refractivity contribution in [3.8, 4) is 0 Å². The van der Waals surface area contributed by atoms with Crippen LogP contribution in [0.4, 0.5) is 5.69 Å². The molecule has 0 amide bonds. The van der Waals surface area contributed by atoms with Gasteiger partial charge in [0.05, 0.1) is 18.1 Å². The maximum Gasteiger partial charge on any atom is 0.0534 e. The van der Waals surface area contributed by atoms with Gasteiger partial charge in [-0.25, -0.2) is 0 Å². The Kier molecular flexibility index (Phi) is 3.94. The predicted molar refractivity (Wildman–Crippen MR) is 71.9 cm³/mol. The number of hydrogen-bond donors (Lipinski definition) is 1. The Hall–Kier alpha value is -1.88. The zero-order valence-electron chi connectivity index (χ0n) is 10.9. The summed E-state index contributed by atoms with van der Waals surface area (Å²) in [6.07, 6.45) is 6.57. The molecule has 2 heterocycles. The van der Waals surface area contributed by atoms with Crippen molar-refractivity contribution in [3.05, 3.63) is 42.0 Å². The minimum absolute atomic E-state index is 0.711. The van der Waals surface area contributed by atoms with Crippen LogP contribution < -0.4 is 5.73 Å². The molecule has 2 aromatic rings. The average Bonchev–Trinajstić information content (AvgIpc) is 2.74. The van der Waals surface area contributed by atoms with Gasteiger partial charge < -0.3 is 10.6 Å². The Labute approximate surface area is 107 Å². The van der Waals surface area contributed by atoms with Crippen LogP contribution in [0.1, 0.15) is 11.3 Å². The summed E-state index contributed by atoms with van der Waals surface area (Å²) in [4.78, 5) is 6.55. The summed E-state index contributed by atoms with van der Waals surface area (Å²) in [7, 11) is 4.03. The molecule has 2 rings (SSSR count). The first-order valence-electron chi connectivity index (χ1n) is 6.00. The highest BCUT2D eigenvalue weighted by atomic mass is 15.2. The molecule has 5 nitrogen and oxygen atoms in total. The lowest BCUT2D eigenvalue weighted by molar-refractivity contribution is 0.330. The van der Waals surface area contributed by atoms with Crippen LogP contribution in [0.5, 0.6) is 0 Å². The third-order valence-electron chi connectivity index (χ3n) is 2.81. The third-order valence-corrected chi connectivity index (χ3v) is 2.81. The van der Waals surface area contributed by atoms with Crippen molar-refractivity contribution in [2.75, 3.05) is 19.3 Å². The Balaban J connectivity index is 1.81. The van der Waals surface area contributed by atoms with Gasteiger partial charge in [0.25, 0.3) is 0 Å². The summed E-state index contributed by atoms with van der Waals surface area (Å²) in [6, 6.07) is 3.87. The lowest BCUT2D eigenvalue weighted by atomic mass is 10.2. The number of nitrogens with zero attached hydrogens (tertiary/aromatic N) is 4. The van der Waals surface area contributed by atoms with Gasteiger partial charge in [-0.15, -0.1) is 0 Å². The number of aryl methyl sites for hydroxylation is 1. The molecule has 2 aromatic heterocycles. The van der Waals surface area contributed by atoms with E-state index in [1.54, 1.807) is 6.20 Å². The van der Waals surface area contributed by atoms with Gasteiger partial charge in [0.15, 0.2) is 0 Å². The molecule has 0 saturated heterocycles. The van der Waals surface area contributed by atoms with Crippen LogP contribution in [0.25, 0.3) is 0 Å². The molecule has 0 aliphatic rings. The minimum atomic E-state index is 0.711. The van der Waals surface area contributed by atoms with Gasteiger partial charge in [-0.3, -0.25) is 9.67 Å². The molecule has 0 spiro atoms. The molecule has 2 N–H and O–H groups in total. The maximum absolute atomic E-state index is 5.60. The normalized spacial score (nSPS) is 11.1. The standard InChI is InChI=1S/C13H19N5/c1-17(9-11-7-16-18(2)10-11)6-5-13-4-3-12(14)8-15-13/h3-4,7-8,10H,5-6,9,14H2,1-2H3. The maximum atomic E-state index is 5.60. The number of rotatable bonds is 5. The fraction of sp³-hybridized carbons (Fsp3) is 0.385. The van der Waals surface area contributed by atoms with Crippen molar-refractivity contribution in [1.82, 2.24) is 19.7 Å². The summed E-state index contributed by atoms with van der Waals surface area (Å²) < 4.78 is 1.82. The van der Waals surface area contributed by atoms with E-state index in [4.69, 9.17) is 5.73 Å². The van der Waals surface area contributed by atoms with E-state index >= 15 is 0 Å². The van der Waals surface area contributed by atoms with Crippen LogP contribution in [-0.4, -0.2) is 33.3 Å². The molecule has 0 bridgehead atoms. The molecule has 0 unspecified atom stereocenters. The van der Waals surface area contributed by atoms with Crippen molar-refractivity contribution in [3.63, 3.8) is 0 Å². The number of nitrogens with two attached hydrogens (primary N) is 1. The summed E-state index contributed by atoms with van der Waals surface area (Å²) in [5.74, 6) is 0. The highest BCUT2D eigenvalue weighted by molar-refractivity contribution is 5.34. The molecular formula is C13H19N5. The zero-order chi connectivity index (χ0) is 13.0. The Morgan fingerprint density at radius 1 is 1.33 bits per heavy atom. The van der Waals surface area contributed by atoms with Gasteiger partial charge in [0.1, 0.15) is 0 Å². The van der Waals surface area contributed by atoms with E-state index in [1.807, 2.05) is 36.3 Å². The van der Waals surface area contributed by atoms with Crippen LogP contribution >= 0.6 is 0 Å². The fourth-order valence-corrected chi connectivity index (χ4v) is 1.83. The molecule has 0 saturated carbocycles. The first kappa shape index (κ1) is 12.6. The van der Waals surface area contributed by atoms with E-state index in [2.05, 4.69) is 22.0 Å². The summed E-state index contributed by atoms with van der Waals surface area (Å²) in [5, 5.41) is 4.16. The molecule has 0 aromatic carbocycles. The highest BCUT2D eigenvalue weighted by Gasteiger charge is 2.03. The van der Waals surface area contributed by atoms with E-state index < -0.39 is 0 Å². The molecule has 5 heteroatoms. The van der Waals surface area contributed by atoms with E-state index in [9.17, 15) is 0 Å². The summed E-state index contributed by atoms with van der Waals surface area (Å²) in [5.41, 5.74) is 8.61. The van der Waals surface area contributed by atoms with Crippen LogP contribution in [-0.2, 0) is 20.0 Å². The number of aromatic nitrogens is 3. The largest absolute Gasteiger partial charge is 0.397 e. The van der Waals surface area contributed by atoms with Crippen LogP contribution in [0.15, 0.2) is 30.7 Å². The van der Waals surface area contributed by atoms with Gasteiger partial charge in [-0.1, -0.05) is 0 Å².